The Morgan fingerprint density at radius 2 is 1.86 bits per heavy atom. The molecule has 0 saturated carbocycles. The summed E-state index contributed by atoms with van der Waals surface area (Å²) >= 11 is 0. The van der Waals surface area contributed by atoms with Gasteiger partial charge >= 0.3 is 0 Å². The normalized spacial score (nSPS) is 12.9. The number of ether oxygens (including phenoxy) is 3. The lowest BCUT2D eigenvalue weighted by molar-refractivity contribution is -0.119. The molecule has 1 amide bonds. The molecule has 0 atom stereocenters. The molecule has 2 aromatic carbocycles. The second kappa shape index (κ2) is 8.39. The third-order valence-corrected chi connectivity index (χ3v) is 5.31. The van der Waals surface area contributed by atoms with E-state index in [4.69, 9.17) is 14.2 Å². The summed E-state index contributed by atoms with van der Waals surface area (Å²) in [6.07, 6.45) is 1.05. The maximum atomic E-state index is 12.4. The maximum Gasteiger partial charge on any atom is 0.241 e. The third kappa shape index (κ3) is 4.66. The molecule has 0 aromatic heterocycles. The number of carbonyl (C=O) groups is 1. The Morgan fingerprint density at radius 3 is 2.57 bits per heavy atom. The Labute approximate surface area is 164 Å². The number of anilines is 1. The number of benzene rings is 2. The van der Waals surface area contributed by atoms with Crippen molar-refractivity contribution in [1.82, 2.24) is 5.32 Å². The standard InChI is InChI=1S/C19H22N2O6S/c1-25-16-6-4-3-5-14(16)12-20-19(22)13-21(28(2,23)24)15-7-8-17-18(11-15)27-10-9-26-17/h3-8,11H,9-10,12-13H2,1-2H3,(H,20,22). The van der Waals surface area contributed by atoms with Gasteiger partial charge < -0.3 is 19.5 Å². The van der Waals surface area contributed by atoms with Gasteiger partial charge in [-0.05, 0) is 18.2 Å². The molecule has 150 valence electrons. The van der Waals surface area contributed by atoms with Crippen LogP contribution in [0.2, 0.25) is 0 Å². The van der Waals surface area contributed by atoms with E-state index in [2.05, 4.69) is 5.32 Å². The molecule has 0 radical (unpaired) electrons. The lowest BCUT2D eigenvalue weighted by atomic mass is 10.2. The van der Waals surface area contributed by atoms with Crippen molar-refractivity contribution < 1.29 is 27.4 Å². The zero-order chi connectivity index (χ0) is 20.1. The van der Waals surface area contributed by atoms with Crippen molar-refractivity contribution in [2.75, 3.05) is 37.4 Å². The van der Waals surface area contributed by atoms with Gasteiger partial charge in [-0.1, -0.05) is 18.2 Å². The first-order valence-corrected chi connectivity index (χ1v) is 10.5. The fourth-order valence-corrected chi connectivity index (χ4v) is 3.66. The van der Waals surface area contributed by atoms with E-state index in [0.29, 0.717) is 36.1 Å². The number of para-hydroxylation sites is 1. The second-order valence-corrected chi connectivity index (χ2v) is 8.09. The van der Waals surface area contributed by atoms with Crippen molar-refractivity contribution in [3.63, 3.8) is 0 Å². The fourth-order valence-electron chi connectivity index (χ4n) is 2.82. The highest BCUT2D eigenvalue weighted by Crippen LogP contribution is 2.34. The van der Waals surface area contributed by atoms with Crippen LogP contribution in [-0.4, -0.2) is 47.4 Å². The highest BCUT2D eigenvalue weighted by atomic mass is 32.2. The minimum Gasteiger partial charge on any atom is -0.496 e. The summed E-state index contributed by atoms with van der Waals surface area (Å²) in [5, 5.41) is 2.73. The maximum absolute atomic E-state index is 12.4. The van der Waals surface area contributed by atoms with Gasteiger partial charge in [0.1, 0.15) is 25.5 Å². The zero-order valence-electron chi connectivity index (χ0n) is 15.7. The molecule has 0 spiro atoms. The number of hydrogen-bond donors (Lipinski definition) is 1. The van der Waals surface area contributed by atoms with Gasteiger partial charge in [0.15, 0.2) is 11.5 Å². The molecule has 0 saturated heterocycles. The number of amides is 1. The van der Waals surface area contributed by atoms with Crippen LogP contribution in [0.3, 0.4) is 0 Å². The Hall–Kier alpha value is -2.94. The van der Waals surface area contributed by atoms with Crippen LogP contribution >= 0.6 is 0 Å². The molecule has 0 bridgehead atoms. The van der Waals surface area contributed by atoms with E-state index < -0.39 is 15.9 Å². The number of nitrogens with zero attached hydrogens (tertiary/aromatic N) is 1. The molecule has 1 aliphatic rings. The van der Waals surface area contributed by atoms with E-state index in [9.17, 15) is 13.2 Å². The number of hydrogen-bond acceptors (Lipinski definition) is 6. The molecule has 1 heterocycles. The quantitative estimate of drug-likeness (QED) is 0.750. The molecule has 3 rings (SSSR count). The summed E-state index contributed by atoms with van der Waals surface area (Å²) in [4.78, 5) is 12.4. The molecule has 9 heteroatoms. The molecule has 2 aromatic rings. The summed E-state index contributed by atoms with van der Waals surface area (Å²) in [7, 11) is -2.13. The number of nitrogens with one attached hydrogen (secondary N) is 1. The van der Waals surface area contributed by atoms with Crippen molar-refractivity contribution in [2.24, 2.45) is 0 Å². The summed E-state index contributed by atoms with van der Waals surface area (Å²) in [5.41, 5.74) is 1.13. The van der Waals surface area contributed by atoms with Crippen LogP contribution in [0.4, 0.5) is 5.69 Å². The average Bonchev–Trinajstić information content (AvgIpc) is 2.69. The molecule has 1 aliphatic heterocycles. The molecule has 8 nitrogen and oxygen atoms in total. The van der Waals surface area contributed by atoms with Crippen molar-refractivity contribution in [1.29, 1.82) is 0 Å². The van der Waals surface area contributed by atoms with Crippen molar-refractivity contribution >= 4 is 21.6 Å². The summed E-state index contributed by atoms with van der Waals surface area (Å²) in [6.45, 7) is 0.692. The first kappa shape index (κ1) is 19.8. The van der Waals surface area contributed by atoms with Crippen LogP contribution < -0.4 is 23.8 Å². The van der Waals surface area contributed by atoms with Gasteiger partial charge in [-0.3, -0.25) is 9.10 Å². The van der Waals surface area contributed by atoms with Gasteiger partial charge in [-0.15, -0.1) is 0 Å². The van der Waals surface area contributed by atoms with E-state index in [1.807, 2.05) is 18.2 Å². The van der Waals surface area contributed by atoms with Gasteiger partial charge in [0.05, 0.1) is 19.1 Å². The predicted octanol–water partition coefficient (Wildman–Crippen LogP) is 1.55. The van der Waals surface area contributed by atoms with Crippen molar-refractivity contribution in [3.05, 3.63) is 48.0 Å². The monoisotopic (exact) mass is 406 g/mol. The molecule has 0 fully saturated rings. The smallest absolute Gasteiger partial charge is 0.241 e. The van der Waals surface area contributed by atoms with Gasteiger partial charge in [0.25, 0.3) is 0 Å². The first-order valence-electron chi connectivity index (χ1n) is 8.64. The molecular formula is C19H22N2O6S. The van der Waals surface area contributed by atoms with Gasteiger partial charge in [-0.25, -0.2) is 8.42 Å². The highest BCUT2D eigenvalue weighted by molar-refractivity contribution is 7.92. The Balaban J connectivity index is 1.73. The topological polar surface area (TPSA) is 94.2 Å². The number of methoxy groups -OCH3 is 1. The van der Waals surface area contributed by atoms with E-state index in [1.165, 1.54) is 0 Å². The Bertz CT molecular complexity index is 961. The van der Waals surface area contributed by atoms with E-state index >= 15 is 0 Å². The average molecular weight is 406 g/mol. The van der Waals surface area contributed by atoms with Gasteiger partial charge in [-0.2, -0.15) is 0 Å². The summed E-state index contributed by atoms with van der Waals surface area (Å²) in [6, 6.07) is 12.1. The Morgan fingerprint density at radius 1 is 1.14 bits per heavy atom. The lowest BCUT2D eigenvalue weighted by Gasteiger charge is -2.24. The molecule has 0 aliphatic carbocycles. The largest absolute Gasteiger partial charge is 0.496 e. The minimum absolute atomic E-state index is 0.224. The molecular weight excluding hydrogens is 384 g/mol. The van der Waals surface area contributed by atoms with E-state index in [1.54, 1.807) is 31.4 Å². The van der Waals surface area contributed by atoms with E-state index in [0.717, 1.165) is 16.1 Å². The number of rotatable bonds is 7. The van der Waals surface area contributed by atoms with Crippen molar-refractivity contribution in [2.45, 2.75) is 6.54 Å². The van der Waals surface area contributed by atoms with E-state index in [-0.39, 0.29) is 13.1 Å². The first-order chi connectivity index (χ1) is 13.4. The Kier molecular flexibility index (Phi) is 5.93. The second-order valence-electron chi connectivity index (χ2n) is 6.19. The van der Waals surface area contributed by atoms with Crippen LogP contribution in [0, 0.1) is 0 Å². The van der Waals surface area contributed by atoms with Crippen LogP contribution in [0.25, 0.3) is 0 Å². The summed E-state index contributed by atoms with van der Waals surface area (Å²) < 4.78 is 41.8. The number of sulfonamides is 1. The van der Waals surface area contributed by atoms with Crippen LogP contribution in [-0.2, 0) is 21.4 Å². The van der Waals surface area contributed by atoms with Crippen LogP contribution in [0.1, 0.15) is 5.56 Å². The van der Waals surface area contributed by atoms with Crippen LogP contribution in [0.5, 0.6) is 17.2 Å². The fraction of sp³-hybridized carbons (Fsp3) is 0.316. The molecule has 1 N–H and O–H groups in total. The summed E-state index contributed by atoms with van der Waals surface area (Å²) in [5.74, 6) is 1.21. The number of fused-ring (bicyclic) bond motifs is 1. The molecule has 0 unspecified atom stereocenters. The SMILES string of the molecule is COc1ccccc1CNC(=O)CN(c1ccc2c(c1)OCCO2)S(C)(=O)=O. The third-order valence-electron chi connectivity index (χ3n) is 4.17. The van der Waals surface area contributed by atoms with Gasteiger partial charge in [0, 0.05) is 18.2 Å². The van der Waals surface area contributed by atoms with Gasteiger partial charge in [0.2, 0.25) is 15.9 Å². The zero-order valence-corrected chi connectivity index (χ0v) is 16.5. The number of carbonyl (C=O) groups excluding carboxylic acids is 1. The minimum atomic E-state index is -3.68. The van der Waals surface area contributed by atoms with Crippen molar-refractivity contribution in [3.8, 4) is 17.2 Å². The molecule has 28 heavy (non-hydrogen) atoms. The van der Waals surface area contributed by atoms with Crippen LogP contribution in [0.15, 0.2) is 42.5 Å². The predicted molar refractivity (Wildman–Crippen MR) is 104 cm³/mol. The highest BCUT2D eigenvalue weighted by Gasteiger charge is 2.23. The lowest BCUT2D eigenvalue weighted by Crippen LogP contribution is -2.40.